The lowest BCUT2D eigenvalue weighted by Crippen LogP contribution is -2.51. The minimum Gasteiger partial charge on any atom is -0.504 e. The maximum Gasteiger partial charge on any atom is 0.354 e. The molecule has 154 valence electrons. The zero-order valence-electron chi connectivity index (χ0n) is 15.8. The van der Waals surface area contributed by atoms with Crippen LogP contribution in [0.5, 0.6) is 5.75 Å². The average Bonchev–Trinajstić information content (AvgIpc) is 2.84. The smallest absolute Gasteiger partial charge is 0.354 e. The number of aliphatic hydroxyl groups is 4. The SMILES string of the molecule is CCC(C(=O)O)C1=C(c2ccccc2)c2cc3c4cc2OC1(O)OC4(O)C(O)=C3O. The second-order valence-electron chi connectivity index (χ2n) is 7.47. The van der Waals surface area contributed by atoms with Crippen molar-refractivity contribution in [1.29, 1.82) is 0 Å². The number of fused-ring (bicyclic) bond motifs is 1. The molecule has 3 aliphatic rings. The van der Waals surface area contributed by atoms with Crippen molar-refractivity contribution < 1.29 is 39.8 Å². The summed E-state index contributed by atoms with van der Waals surface area (Å²) in [7, 11) is 0. The maximum atomic E-state index is 12.1. The normalized spacial score (nSPS) is 27.2. The second kappa shape index (κ2) is 5.85. The molecule has 3 unspecified atom stereocenters. The molecule has 30 heavy (non-hydrogen) atoms. The first-order valence-electron chi connectivity index (χ1n) is 9.40. The van der Waals surface area contributed by atoms with Gasteiger partial charge in [0.05, 0.1) is 11.5 Å². The molecule has 0 spiro atoms. The molecule has 1 aliphatic carbocycles. The quantitative estimate of drug-likeness (QED) is 0.519. The van der Waals surface area contributed by atoms with Gasteiger partial charge >= 0.3 is 11.9 Å². The first kappa shape index (κ1) is 18.7. The molecule has 0 fully saturated rings. The molecule has 8 heteroatoms. The van der Waals surface area contributed by atoms with Crippen LogP contribution < -0.4 is 4.74 Å². The van der Waals surface area contributed by atoms with Crippen LogP contribution in [0, 0.1) is 5.92 Å². The van der Waals surface area contributed by atoms with Gasteiger partial charge in [-0.2, -0.15) is 0 Å². The number of ether oxygens (including phenoxy) is 2. The van der Waals surface area contributed by atoms with Gasteiger partial charge in [-0.15, -0.1) is 0 Å². The van der Waals surface area contributed by atoms with Crippen LogP contribution in [0.25, 0.3) is 11.3 Å². The molecule has 0 radical (unpaired) electrons. The monoisotopic (exact) mass is 410 g/mol. The predicted octanol–water partition coefficient (Wildman–Crippen LogP) is 2.61. The summed E-state index contributed by atoms with van der Waals surface area (Å²) in [6, 6.07) is 11.7. The van der Waals surface area contributed by atoms with Gasteiger partial charge in [-0.1, -0.05) is 37.3 Å². The minimum atomic E-state index is -2.71. The van der Waals surface area contributed by atoms with Gasteiger partial charge in [0, 0.05) is 22.3 Å². The third-order valence-corrected chi connectivity index (χ3v) is 5.82. The number of carboxylic acids is 1. The Morgan fingerprint density at radius 1 is 1.10 bits per heavy atom. The molecule has 8 nitrogen and oxygen atoms in total. The third kappa shape index (κ3) is 2.18. The third-order valence-electron chi connectivity index (χ3n) is 5.82. The van der Waals surface area contributed by atoms with Crippen molar-refractivity contribution in [3.05, 3.63) is 76.1 Å². The highest BCUT2D eigenvalue weighted by Gasteiger charge is 2.60. The molecular weight excluding hydrogens is 392 g/mol. The Morgan fingerprint density at radius 2 is 1.80 bits per heavy atom. The highest BCUT2D eigenvalue weighted by molar-refractivity contribution is 5.93. The van der Waals surface area contributed by atoms with E-state index in [4.69, 9.17) is 9.47 Å². The first-order chi connectivity index (χ1) is 14.2. The van der Waals surface area contributed by atoms with Crippen LogP contribution in [0.15, 0.2) is 53.8 Å². The van der Waals surface area contributed by atoms with Crippen LogP contribution in [0.1, 0.15) is 35.6 Å². The number of rotatable bonds is 4. The number of benzene rings is 2. The topological polar surface area (TPSA) is 137 Å². The summed E-state index contributed by atoms with van der Waals surface area (Å²) in [5, 5.41) is 53.1. The fourth-order valence-electron chi connectivity index (χ4n) is 4.45. The summed E-state index contributed by atoms with van der Waals surface area (Å²) in [5.41, 5.74) is 1.33. The minimum absolute atomic E-state index is 0.00999. The lowest BCUT2D eigenvalue weighted by atomic mass is 9.81. The summed E-state index contributed by atoms with van der Waals surface area (Å²) >= 11 is 0. The van der Waals surface area contributed by atoms with Crippen molar-refractivity contribution in [2.75, 3.05) is 0 Å². The number of hydrogen-bond donors (Lipinski definition) is 5. The molecule has 3 atom stereocenters. The van der Waals surface area contributed by atoms with E-state index in [1.807, 2.05) is 0 Å². The van der Waals surface area contributed by atoms with Crippen LogP contribution in [-0.2, 0) is 15.3 Å². The standard InChI is InChI=1S/C22H18O8/c1-2-11(20(25)26)17-16(10-6-4-3-5-7-10)13-8-12-14-9-15(13)29-22(17,28)30-21(14,27)19(24)18(12)23/h3-9,11,23-24,27-28H,2H2,1H3,(H,25,26). The maximum absolute atomic E-state index is 12.1. The molecule has 0 saturated heterocycles. The van der Waals surface area contributed by atoms with Crippen molar-refractivity contribution in [3.8, 4) is 5.75 Å². The molecular formula is C22H18O8. The number of carboxylic acid groups (broad SMARTS) is 1. The molecule has 2 aromatic rings. The van der Waals surface area contributed by atoms with E-state index in [2.05, 4.69) is 0 Å². The highest BCUT2D eigenvalue weighted by atomic mass is 16.9. The highest BCUT2D eigenvalue weighted by Crippen LogP contribution is 2.57. The Kier molecular flexibility index (Phi) is 3.64. The molecule has 5 N–H and O–H groups in total. The fraction of sp³-hybridized carbons (Fsp3) is 0.227. The number of hydrogen-bond acceptors (Lipinski definition) is 7. The van der Waals surface area contributed by atoms with Crippen molar-refractivity contribution in [2.45, 2.75) is 25.1 Å². The second-order valence-corrected chi connectivity index (χ2v) is 7.47. The Balaban J connectivity index is 1.93. The van der Waals surface area contributed by atoms with Gasteiger partial charge in [0.2, 0.25) is 5.76 Å². The Morgan fingerprint density at radius 3 is 2.43 bits per heavy atom. The molecule has 3 bridgehead atoms. The van der Waals surface area contributed by atoms with Gasteiger partial charge < -0.3 is 30.3 Å². The largest absolute Gasteiger partial charge is 0.504 e. The van der Waals surface area contributed by atoms with E-state index in [9.17, 15) is 30.3 Å². The Hall–Kier alpha value is -3.33. The van der Waals surface area contributed by atoms with E-state index in [-0.39, 0.29) is 28.9 Å². The summed E-state index contributed by atoms with van der Waals surface area (Å²) in [5.74, 6) is -9.13. The van der Waals surface area contributed by atoms with E-state index >= 15 is 0 Å². The predicted molar refractivity (Wildman–Crippen MR) is 103 cm³/mol. The Labute approximate surface area is 170 Å². The van der Waals surface area contributed by atoms with E-state index in [1.165, 1.54) is 12.1 Å². The average molecular weight is 410 g/mol. The van der Waals surface area contributed by atoms with E-state index < -0.39 is 35.2 Å². The van der Waals surface area contributed by atoms with Crippen LogP contribution in [0.2, 0.25) is 0 Å². The summed E-state index contributed by atoms with van der Waals surface area (Å²) in [6.07, 6.45) is 0.0982. The van der Waals surface area contributed by atoms with Gasteiger partial charge in [0.15, 0.2) is 5.76 Å². The molecule has 0 saturated carbocycles. The molecule has 2 heterocycles. The lowest BCUT2D eigenvalue weighted by Gasteiger charge is -2.40. The lowest BCUT2D eigenvalue weighted by molar-refractivity contribution is -0.383. The molecule has 2 aromatic carbocycles. The molecule has 2 aliphatic heterocycles. The van der Waals surface area contributed by atoms with Crippen LogP contribution in [-0.4, -0.2) is 37.5 Å². The van der Waals surface area contributed by atoms with Crippen LogP contribution in [0.3, 0.4) is 0 Å². The van der Waals surface area contributed by atoms with Gasteiger partial charge in [-0.3, -0.25) is 9.53 Å². The fourth-order valence-corrected chi connectivity index (χ4v) is 4.45. The zero-order chi connectivity index (χ0) is 21.4. The van der Waals surface area contributed by atoms with Crippen molar-refractivity contribution in [2.24, 2.45) is 5.92 Å². The van der Waals surface area contributed by atoms with E-state index in [0.717, 1.165) is 0 Å². The van der Waals surface area contributed by atoms with Crippen molar-refractivity contribution in [3.63, 3.8) is 0 Å². The van der Waals surface area contributed by atoms with Crippen molar-refractivity contribution >= 4 is 17.3 Å². The summed E-state index contributed by atoms with van der Waals surface area (Å²) in [6.45, 7) is 1.64. The summed E-state index contributed by atoms with van der Waals surface area (Å²) < 4.78 is 11.2. The van der Waals surface area contributed by atoms with E-state index in [1.54, 1.807) is 37.3 Å². The number of aliphatic carboxylic acids is 1. The molecule has 0 amide bonds. The number of aliphatic hydroxyl groups excluding tert-OH is 2. The van der Waals surface area contributed by atoms with E-state index in [0.29, 0.717) is 16.7 Å². The van der Waals surface area contributed by atoms with Gasteiger partial charge in [-0.25, -0.2) is 0 Å². The zero-order valence-corrected chi connectivity index (χ0v) is 15.8. The Bertz CT molecular complexity index is 1170. The van der Waals surface area contributed by atoms with Gasteiger partial charge in [0.25, 0.3) is 5.79 Å². The molecule has 0 aromatic heterocycles. The number of carbonyl (C=O) groups is 1. The van der Waals surface area contributed by atoms with Gasteiger partial charge in [0.1, 0.15) is 5.75 Å². The molecule has 5 rings (SSSR count). The van der Waals surface area contributed by atoms with Crippen LogP contribution in [0.4, 0.5) is 0 Å². The van der Waals surface area contributed by atoms with Gasteiger partial charge in [-0.05, 0) is 24.1 Å². The first-order valence-corrected chi connectivity index (χ1v) is 9.40. The van der Waals surface area contributed by atoms with Crippen LogP contribution >= 0.6 is 0 Å². The van der Waals surface area contributed by atoms with Crippen molar-refractivity contribution in [1.82, 2.24) is 0 Å². The summed E-state index contributed by atoms with van der Waals surface area (Å²) in [4.78, 5) is 12.1.